The number of aliphatic hydroxyl groups is 2. The summed E-state index contributed by atoms with van der Waals surface area (Å²) in [6.45, 7) is 0. The van der Waals surface area contributed by atoms with Crippen LogP contribution in [0.15, 0.2) is 66.8 Å². The van der Waals surface area contributed by atoms with Gasteiger partial charge in [0, 0.05) is 17.5 Å². The first kappa shape index (κ1) is 18.4. The highest BCUT2D eigenvalue weighted by molar-refractivity contribution is 6.61. The molecule has 2 aliphatic rings. The van der Waals surface area contributed by atoms with Crippen LogP contribution in [0, 0.1) is 0 Å². The lowest BCUT2D eigenvalue weighted by molar-refractivity contribution is 0.124. The molecule has 1 heterocycles. The van der Waals surface area contributed by atoms with E-state index >= 15 is 0 Å². The Morgan fingerprint density at radius 3 is 2.43 bits per heavy atom. The normalized spacial score (nSPS) is 20.7. The Balaban J connectivity index is 1.49. The second-order valence-corrected chi connectivity index (χ2v) is 7.10. The maximum atomic E-state index is 9.83. The summed E-state index contributed by atoms with van der Waals surface area (Å²) in [6.07, 6.45) is 4.38. The van der Waals surface area contributed by atoms with Crippen molar-refractivity contribution in [3.05, 3.63) is 82.9 Å². The molecule has 8 heteroatoms. The van der Waals surface area contributed by atoms with Gasteiger partial charge in [-0.1, -0.05) is 35.9 Å². The Labute approximate surface area is 168 Å². The molecule has 4 rings (SSSR count). The van der Waals surface area contributed by atoms with Gasteiger partial charge in [-0.2, -0.15) is 0 Å². The molecule has 0 saturated carbocycles. The second kappa shape index (κ2) is 7.60. The summed E-state index contributed by atoms with van der Waals surface area (Å²) < 4.78 is 16.8. The smallest absolute Gasteiger partial charge is 0.494 e. The van der Waals surface area contributed by atoms with Crippen molar-refractivity contribution in [1.29, 1.82) is 0 Å². The van der Waals surface area contributed by atoms with E-state index in [1.807, 2.05) is 18.2 Å². The molecule has 1 aliphatic carbocycles. The van der Waals surface area contributed by atoms with Crippen LogP contribution < -0.4 is 10.2 Å². The van der Waals surface area contributed by atoms with Gasteiger partial charge in [-0.05, 0) is 42.2 Å². The molecule has 2 aromatic carbocycles. The monoisotopic (exact) mass is 399 g/mol. The molecule has 1 atom stereocenters. The zero-order valence-corrected chi connectivity index (χ0v) is 16.0. The Bertz CT molecular complexity index is 909. The van der Waals surface area contributed by atoms with Crippen molar-refractivity contribution in [2.24, 2.45) is 0 Å². The van der Waals surface area contributed by atoms with E-state index in [1.54, 1.807) is 31.3 Å². The molecule has 0 fully saturated rings. The third-order valence-corrected chi connectivity index (χ3v) is 5.03. The van der Waals surface area contributed by atoms with Crippen molar-refractivity contribution in [1.82, 2.24) is 4.90 Å². The van der Waals surface area contributed by atoms with E-state index in [9.17, 15) is 10.2 Å². The lowest BCUT2D eigenvalue weighted by Crippen LogP contribution is -2.37. The molecule has 0 bridgehead atoms. The fraction of sp³-hybridized carbons (Fsp3) is 0.200. The van der Waals surface area contributed by atoms with Crippen molar-refractivity contribution in [3.63, 3.8) is 0 Å². The van der Waals surface area contributed by atoms with E-state index in [1.165, 1.54) is 17.3 Å². The van der Waals surface area contributed by atoms with E-state index < -0.39 is 7.12 Å². The molecule has 6 nitrogen and oxygen atoms in total. The van der Waals surface area contributed by atoms with Gasteiger partial charge < -0.3 is 29.2 Å². The molecule has 0 amide bonds. The van der Waals surface area contributed by atoms with E-state index in [2.05, 4.69) is 0 Å². The average molecular weight is 400 g/mol. The fourth-order valence-corrected chi connectivity index (χ4v) is 3.66. The number of hydrogen-bond acceptors (Lipinski definition) is 6. The van der Waals surface area contributed by atoms with Gasteiger partial charge >= 0.3 is 7.12 Å². The van der Waals surface area contributed by atoms with Crippen molar-refractivity contribution < 1.29 is 24.3 Å². The van der Waals surface area contributed by atoms with E-state index in [0.29, 0.717) is 11.2 Å². The lowest BCUT2D eigenvalue weighted by Gasteiger charge is -2.20. The second-order valence-electron chi connectivity index (χ2n) is 6.69. The van der Waals surface area contributed by atoms with Crippen LogP contribution in [-0.2, 0) is 15.7 Å². The van der Waals surface area contributed by atoms with E-state index in [4.69, 9.17) is 25.6 Å². The number of rotatable bonds is 3. The first-order valence-electron chi connectivity index (χ1n) is 8.90. The van der Waals surface area contributed by atoms with Crippen LogP contribution in [0.1, 0.15) is 23.7 Å². The van der Waals surface area contributed by atoms with Crippen molar-refractivity contribution in [3.8, 4) is 5.75 Å². The summed E-state index contributed by atoms with van der Waals surface area (Å²) in [4.78, 5) is 1.42. The number of aliphatic hydroxyl groups excluding tert-OH is 2. The molecule has 28 heavy (non-hydrogen) atoms. The summed E-state index contributed by atoms with van der Waals surface area (Å²) >= 11 is 6.27. The number of benzene rings is 2. The van der Waals surface area contributed by atoms with Crippen LogP contribution in [0.2, 0.25) is 5.02 Å². The minimum atomic E-state index is -0.985. The minimum Gasteiger partial charge on any atom is -0.494 e. The third kappa shape index (κ3) is 3.85. The number of fused-ring (bicyclic) bond motifs is 1. The summed E-state index contributed by atoms with van der Waals surface area (Å²) in [5.41, 5.74) is 2.89. The number of halogens is 1. The van der Waals surface area contributed by atoms with Gasteiger partial charge in [-0.25, -0.2) is 0 Å². The highest BCUT2D eigenvalue weighted by atomic mass is 35.5. The third-order valence-electron chi connectivity index (χ3n) is 4.67. The number of nitrogens with zero attached hydrogens (tertiary/aromatic N) is 1. The molecule has 0 saturated heterocycles. The molecule has 0 spiro atoms. The topological polar surface area (TPSA) is 71.4 Å². The predicted molar refractivity (Wildman–Crippen MR) is 106 cm³/mol. The van der Waals surface area contributed by atoms with Gasteiger partial charge in [0.15, 0.2) is 0 Å². The zero-order chi connectivity index (χ0) is 19.7. The SMILES string of the molecule is CN1C=C(O)OB(c2ccc(O[C@@H]3CCc4c(Cl)cccc43)cc2)O/C(O)=C\1. The van der Waals surface area contributed by atoms with Crippen LogP contribution in [0.25, 0.3) is 0 Å². The Hall–Kier alpha value is -2.93. The Morgan fingerprint density at radius 1 is 1.07 bits per heavy atom. The van der Waals surface area contributed by atoms with Crippen molar-refractivity contribution >= 4 is 24.2 Å². The molecule has 0 radical (unpaired) electrons. The van der Waals surface area contributed by atoms with Crippen molar-refractivity contribution in [2.45, 2.75) is 18.9 Å². The first-order chi connectivity index (χ1) is 13.5. The van der Waals surface area contributed by atoms with E-state index in [0.717, 1.165) is 29.0 Å². The molecular formula is C20H19BClNO5. The maximum Gasteiger partial charge on any atom is 0.636 e. The molecule has 0 unspecified atom stereocenters. The molecule has 1 aliphatic heterocycles. The molecule has 2 aromatic rings. The van der Waals surface area contributed by atoms with Gasteiger partial charge in [0.25, 0.3) is 11.9 Å². The van der Waals surface area contributed by atoms with Gasteiger partial charge in [-0.15, -0.1) is 0 Å². The number of hydrogen-bond donors (Lipinski definition) is 2. The maximum absolute atomic E-state index is 9.83. The Morgan fingerprint density at radius 2 is 1.75 bits per heavy atom. The highest BCUT2D eigenvalue weighted by Crippen LogP contribution is 2.38. The largest absolute Gasteiger partial charge is 0.636 e. The predicted octanol–water partition coefficient (Wildman–Crippen LogP) is 3.79. The first-order valence-corrected chi connectivity index (χ1v) is 9.28. The van der Waals surface area contributed by atoms with Crippen LogP contribution in [0.4, 0.5) is 0 Å². The minimum absolute atomic E-state index is 0.0389. The summed E-state index contributed by atoms with van der Waals surface area (Å²) in [7, 11) is 0.640. The van der Waals surface area contributed by atoms with Crippen LogP contribution in [0.3, 0.4) is 0 Å². The molecule has 144 valence electrons. The van der Waals surface area contributed by atoms with Gasteiger partial charge in [0.1, 0.15) is 11.9 Å². The number of ether oxygens (including phenoxy) is 1. The molecule has 2 N–H and O–H groups in total. The standard InChI is InChI=1S/C20H19BClNO5/c1-23-11-19(24)27-21(28-20(25)12-23)13-5-7-14(8-6-13)26-18-10-9-15-16(18)3-2-4-17(15)22/h2-8,11-12,18,24-25H,9-10H2,1H3/b19-11-,20-12?/t18-/m1/s1. The molecule has 0 aromatic heterocycles. The van der Waals surface area contributed by atoms with Gasteiger partial charge in [0.05, 0.1) is 12.4 Å². The summed E-state index contributed by atoms with van der Waals surface area (Å²) in [5.74, 6) is 0.0544. The zero-order valence-electron chi connectivity index (χ0n) is 15.2. The van der Waals surface area contributed by atoms with Gasteiger partial charge in [-0.3, -0.25) is 0 Å². The summed E-state index contributed by atoms with van der Waals surface area (Å²) in [5, 5.41) is 20.4. The van der Waals surface area contributed by atoms with Crippen LogP contribution in [0.5, 0.6) is 5.75 Å². The van der Waals surface area contributed by atoms with Crippen LogP contribution in [-0.4, -0.2) is 29.3 Å². The summed E-state index contributed by atoms with van der Waals surface area (Å²) in [6, 6.07) is 13.0. The van der Waals surface area contributed by atoms with Crippen LogP contribution >= 0.6 is 11.6 Å². The highest BCUT2D eigenvalue weighted by Gasteiger charge is 2.30. The quantitative estimate of drug-likeness (QED) is 0.765. The Kier molecular flexibility index (Phi) is 5.00. The van der Waals surface area contributed by atoms with E-state index in [-0.39, 0.29) is 18.0 Å². The van der Waals surface area contributed by atoms with Crippen molar-refractivity contribution in [2.75, 3.05) is 7.05 Å². The lowest BCUT2D eigenvalue weighted by atomic mass is 9.79. The molecular weight excluding hydrogens is 380 g/mol. The average Bonchev–Trinajstić information content (AvgIpc) is 3.05. The van der Waals surface area contributed by atoms with Gasteiger partial charge in [0.2, 0.25) is 0 Å². The fourth-order valence-electron chi connectivity index (χ4n) is 3.39.